The summed E-state index contributed by atoms with van der Waals surface area (Å²) in [6.45, 7) is 3.84. The zero-order chi connectivity index (χ0) is 11.7. The van der Waals surface area contributed by atoms with Crippen molar-refractivity contribution in [2.45, 2.75) is 13.8 Å². The maximum Gasteiger partial charge on any atom is 0.141 e. The van der Waals surface area contributed by atoms with E-state index >= 15 is 0 Å². The van der Waals surface area contributed by atoms with Crippen LogP contribution < -0.4 is 4.74 Å². The van der Waals surface area contributed by atoms with Gasteiger partial charge in [0.15, 0.2) is 0 Å². The molecule has 0 radical (unpaired) electrons. The SMILES string of the molecule is COc1ccc(-c2c(C)noc2C)cc1Br. The Kier molecular flexibility index (Phi) is 3.01. The first-order chi connectivity index (χ1) is 7.63. The van der Waals surface area contributed by atoms with E-state index in [1.165, 1.54) is 0 Å². The second-order valence-corrected chi connectivity index (χ2v) is 4.40. The molecule has 0 aliphatic carbocycles. The molecule has 0 bridgehead atoms. The summed E-state index contributed by atoms with van der Waals surface area (Å²) in [6, 6.07) is 5.92. The number of aryl methyl sites for hydroxylation is 2. The van der Waals surface area contributed by atoms with Gasteiger partial charge in [-0.25, -0.2) is 0 Å². The average Bonchev–Trinajstić information content (AvgIpc) is 2.58. The van der Waals surface area contributed by atoms with Crippen LogP contribution in [0, 0.1) is 13.8 Å². The van der Waals surface area contributed by atoms with Crippen molar-refractivity contribution in [1.29, 1.82) is 0 Å². The molecule has 0 amide bonds. The molecule has 0 spiro atoms. The number of benzene rings is 1. The molecule has 0 saturated heterocycles. The maximum atomic E-state index is 5.19. The van der Waals surface area contributed by atoms with Crippen LogP contribution in [0.5, 0.6) is 5.75 Å². The number of rotatable bonds is 2. The lowest BCUT2D eigenvalue weighted by atomic mass is 10.0. The summed E-state index contributed by atoms with van der Waals surface area (Å²) in [6.07, 6.45) is 0. The predicted molar refractivity (Wildman–Crippen MR) is 65.7 cm³/mol. The summed E-state index contributed by atoms with van der Waals surface area (Å²) in [7, 11) is 1.65. The van der Waals surface area contributed by atoms with E-state index in [1.54, 1.807) is 7.11 Å². The quantitative estimate of drug-likeness (QED) is 0.841. The Morgan fingerprint density at radius 1 is 1.31 bits per heavy atom. The topological polar surface area (TPSA) is 35.3 Å². The van der Waals surface area contributed by atoms with Crippen LogP contribution in [-0.2, 0) is 0 Å². The number of aromatic nitrogens is 1. The van der Waals surface area contributed by atoms with Gasteiger partial charge in [-0.3, -0.25) is 0 Å². The van der Waals surface area contributed by atoms with Gasteiger partial charge in [0.2, 0.25) is 0 Å². The van der Waals surface area contributed by atoms with Crippen LogP contribution in [0.15, 0.2) is 27.2 Å². The number of ether oxygens (including phenoxy) is 1. The number of halogens is 1. The minimum Gasteiger partial charge on any atom is -0.496 e. The minimum absolute atomic E-state index is 0.815. The van der Waals surface area contributed by atoms with Gasteiger partial charge in [-0.05, 0) is 47.5 Å². The van der Waals surface area contributed by atoms with E-state index in [0.29, 0.717) is 0 Å². The van der Waals surface area contributed by atoms with Crippen LogP contribution in [0.3, 0.4) is 0 Å². The zero-order valence-electron chi connectivity index (χ0n) is 9.37. The van der Waals surface area contributed by atoms with Gasteiger partial charge in [0.25, 0.3) is 0 Å². The Labute approximate surface area is 103 Å². The van der Waals surface area contributed by atoms with E-state index in [9.17, 15) is 0 Å². The van der Waals surface area contributed by atoms with Gasteiger partial charge < -0.3 is 9.26 Å². The lowest BCUT2D eigenvalue weighted by molar-refractivity contribution is 0.393. The molecule has 0 N–H and O–H groups in total. The number of hydrogen-bond acceptors (Lipinski definition) is 3. The monoisotopic (exact) mass is 281 g/mol. The highest BCUT2D eigenvalue weighted by Crippen LogP contribution is 2.33. The molecule has 1 aromatic carbocycles. The van der Waals surface area contributed by atoms with Crippen molar-refractivity contribution in [1.82, 2.24) is 5.16 Å². The third-order valence-corrected chi connectivity index (χ3v) is 3.09. The highest BCUT2D eigenvalue weighted by molar-refractivity contribution is 9.10. The van der Waals surface area contributed by atoms with E-state index in [4.69, 9.17) is 9.26 Å². The summed E-state index contributed by atoms with van der Waals surface area (Å²) in [5, 5.41) is 3.94. The molecule has 2 rings (SSSR count). The molecule has 0 atom stereocenters. The number of hydrogen-bond donors (Lipinski definition) is 0. The summed E-state index contributed by atoms with van der Waals surface area (Å²) in [5.41, 5.74) is 3.02. The fraction of sp³-hybridized carbons (Fsp3) is 0.250. The van der Waals surface area contributed by atoms with Gasteiger partial charge in [-0.2, -0.15) is 0 Å². The van der Waals surface area contributed by atoms with Crippen LogP contribution in [-0.4, -0.2) is 12.3 Å². The Balaban J connectivity index is 2.53. The van der Waals surface area contributed by atoms with Crippen molar-refractivity contribution in [3.05, 3.63) is 34.1 Å². The normalized spacial score (nSPS) is 10.5. The third-order valence-electron chi connectivity index (χ3n) is 2.47. The number of methoxy groups -OCH3 is 1. The molecule has 2 aromatic rings. The van der Waals surface area contributed by atoms with Crippen molar-refractivity contribution in [3.8, 4) is 16.9 Å². The van der Waals surface area contributed by atoms with Crippen LogP contribution in [0.1, 0.15) is 11.5 Å². The fourth-order valence-electron chi connectivity index (χ4n) is 1.72. The molecule has 0 fully saturated rings. The largest absolute Gasteiger partial charge is 0.496 e. The number of nitrogens with zero attached hydrogens (tertiary/aromatic N) is 1. The summed E-state index contributed by atoms with van der Waals surface area (Å²) in [4.78, 5) is 0. The molecular weight excluding hydrogens is 270 g/mol. The maximum absolute atomic E-state index is 5.19. The van der Waals surface area contributed by atoms with Crippen LogP contribution in [0.2, 0.25) is 0 Å². The van der Waals surface area contributed by atoms with Crippen molar-refractivity contribution in [2.75, 3.05) is 7.11 Å². The van der Waals surface area contributed by atoms with Crippen LogP contribution >= 0.6 is 15.9 Å². The molecular formula is C12H12BrNO2. The lowest BCUT2D eigenvalue weighted by Gasteiger charge is -2.05. The van der Waals surface area contributed by atoms with Gasteiger partial charge in [-0.15, -0.1) is 0 Å². The van der Waals surface area contributed by atoms with E-state index in [-0.39, 0.29) is 0 Å². The van der Waals surface area contributed by atoms with Crippen LogP contribution in [0.25, 0.3) is 11.1 Å². The smallest absolute Gasteiger partial charge is 0.141 e. The van der Waals surface area contributed by atoms with Crippen molar-refractivity contribution in [2.24, 2.45) is 0 Å². The Morgan fingerprint density at radius 2 is 2.06 bits per heavy atom. The summed E-state index contributed by atoms with van der Waals surface area (Å²) < 4.78 is 11.3. The Bertz CT molecular complexity index is 500. The lowest BCUT2D eigenvalue weighted by Crippen LogP contribution is -1.86. The second-order valence-electron chi connectivity index (χ2n) is 3.55. The second kappa shape index (κ2) is 4.29. The molecule has 16 heavy (non-hydrogen) atoms. The third kappa shape index (κ3) is 1.85. The van der Waals surface area contributed by atoms with Gasteiger partial charge in [0, 0.05) is 5.56 Å². The molecule has 0 aliphatic rings. The van der Waals surface area contributed by atoms with Gasteiger partial charge >= 0.3 is 0 Å². The van der Waals surface area contributed by atoms with Crippen molar-refractivity contribution >= 4 is 15.9 Å². The highest BCUT2D eigenvalue weighted by atomic mass is 79.9. The van der Waals surface area contributed by atoms with E-state index < -0.39 is 0 Å². The van der Waals surface area contributed by atoms with E-state index in [1.807, 2.05) is 32.0 Å². The molecule has 1 aromatic heterocycles. The first kappa shape index (κ1) is 11.2. The standard InChI is InChI=1S/C12H12BrNO2/c1-7-12(8(2)16-14-7)9-4-5-11(15-3)10(13)6-9/h4-6H,1-3H3. The van der Waals surface area contributed by atoms with E-state index in [2.05, 4.69) is 21.1 Å². The molecule has 0 unspecified atom stereocenters. The molecule has 3 nitrogen and oxygen atoms in total. The van der Waals surface area contributed by atoms with Gasteiger partial charge in [-0.1, -0.05) is 11.2 Å². The zero-order valence-corrected chi connectivity index (χ0v) is 11.0. The summed E-state index contributed by atoms with van der Waals surface area (Å²) in [5.74, 6) is 1.64. The molecule has 0 aliphatic heterocycles. The predicted octanol–water partition coefficient (Wildman–Crippen LogP) is 3.73. The average molecular weight is 282 g/mol. The minimum atomic E-state index is 0.815. The highest BCUT2D eigenvalue weighted by Gasteiger charge is 2.12. The molecule has 84 valence electrons. The first-order valence-electron chi connectivity index (χ1n) is 4.90. The van der Waals surface area contributed by atoms with Gasteiger partial charge in [0.1, 0.15) is 11.5 Å². The van der Waals surface area contributed by atoms with E-state index in [0.717, 1.165) is 32.8 Å². The van der Waals surface area contributed by atoms with Crippen LogP contribution in [0.4, 0.5) is 0 Å². The van der Waals surface area contributed by atoms with Crippen molar-refractivity contribution in [3.63, 3.8) is 0 Å². The molecule has 1 heterocycles. The Morgan fingerprint density at radius 3 is 2.56 bits per heavy atom. The fourth-order valence-corrected chi connectivity index (χ4v) is 2.26. The summed E-state index contributed by atoms with van der Waals surface area (Å²) >= 11 is 3.47. The first-order valence-corrected chi connectivity index (χ1v) is 5.69. The molecule has 4 heteroatoms. The van der Waals surface area contributed by atoms with Crippen molar-refractivity contribution < 1.29 is 9.26 Å². The Hall–Kier alpha value is -1.29. The van der Waals surface area contributed by atoms with Gasteiger partial charge in [0.05, 0.1) is 17.3 Å². The molecule has 0 saturated carbocycles.